The molecule has 0 radical (unpaired) electrons. The number of aromatic amines is 2. The van der Waals surface area contributed by atoms with E-state index in [0.29, 0.717) is 11.0 Å². The van der Waals surface area contributed by atoms with Gasteiger partial charge in [-0.25, -0.2) is 0 Å². The van der Waals surface area contributed by atoms with Crippen molar-refractivity contribution < 1.29 is 4.79 Å². The second kappa shape index (κ2) is 6.25. The number of rotatable bonds is 4. The number of hydrogen-bond donors (Lipinski definition) is 3. The average Bonchev–Trinajstić information content (AvgIpc) is 3.44. The summed E-state index contributed by atoms with van der Waals surface area (Å²) in [5.74, 6) is -0.0244. The molecular weight excluding hydrogens is 398 g/mol. The minimum atomic E-state index is -0.713. The smallest absolute Gasteiger partial charge is 0.314 e. The van der Waals surface area contributed by atoms with Crippen LogP contribution < -0.4 is 16.4 Å². The van der Waals surface area contributed by atoms with Crippen molar-refractivity contribution in [2.24, 2.45) is 0 Å². The number of fused-ring (bicyclic) bond motifs is 1. The highest BCUT2D eigenvalue weighted by molar-refractivity contribution is 9.10. The molecular formula is C19H16BrN3O3. The maximum absolute atomic E-state index is 12.8. The van der Waals surface area contributed by atoms with Crippen LogP contribution in [0.2, 0.25) is 0 Å². The van der Waals surface area contributed by atoms with Crippen molar-refractivity contribution in [2.75, 3.05) is 0 Å². The Morgan fingerprint density at radius 3 is 2.46 bits per heavy atom. The third kappa shape index (κ3) is 2.88. The molecule has 1 saturated carbocycles. The van der Waals surface area contributed by atoms with Crippen molar-refractivity contribution in [1.29, 1.82) is 0 Å². The lowest BCUT2D eigenvalue weighted by molar-refractivity contribution is -0.123. The van der Waals surface area contributed by atoms with E-state index in [-0.39, 0.29) is 12.5 Å². The molecule has 1 aliphatic rings. The lowest BCUT2D eigenvalue weighted by atomic mass is 9.95. The van der Waals surface area contributed by atoms with Crippen LogP contribution in [0, 0.1) is 0 Å². The number of halogens is 1. The first-order valence-corrected chi connectivity index (χ1v) is 9.07. The summed E-state index contributed by atoms with van der Waals surface area (Å²) in [7, 11) is 0. The standard InChI is InChI=1S/C19H16BrN3O3/c20-13-8-11(15-14(9-13)22-16(24)17(25)23-15)10-21-18(26)19(6-7-19)12-4-2-1-3-5-12/h1-5,8-9H,6-7,10H2,(H,21,26)(H,22,24)(H,23,25). The second-order valence-electron chi connectivity index (χ2n) is 6.53. The lowest BCUT2D eigenvalue weighted by Gasteiger charge is -2.16. The SMILES string of the molecule is O=C(NCc1cc(Br)cc2[nH]c(=O)c(=O)[nH]c12)C1(c2ccccc2)CC1. The van der Waals surface area contributed by atoms with Crippen LogP contribution in [-0.4, -0.2) is 15.9 Å². The third-order valence-electron chi connectivity index (χ3n) is 4.83. The molecule has 7 heteroatoms. The number of benzene rings is 2. The molecule has 26 heavy (non-hydrogen) atoms. The van der Waals surface area contributed by atoms with Gasteiger partial charge in [-0.3, -0.25) is 14.4 Å². The molecule has 0 aliphatic heterocycles. The minimum absolute atomic E-state index is 0.0244. The van der Waals surface area contributed by atoms with Crippen molar-refractivity contribution in [3.05, 3.63) is 78.8 Å². The van der Waals surface area contributed by atoms with E-state index in [1.54, 1.807) is 6.07 Å². The Kier molecular flexibility index (Phi) is 4.03. The van der Waals surface area contributed by atoms with Crippen LogP contribution in [0.4, 0.5) is 0 Å². The molecule has 4 rings (SSSR count). The molecule has 1 fully saturated rings. The number of aromatic nitrogens is 2. The predicted octanol–water partition coefficient (Wildman–Crippen LogP) is 2.33. The van der Waals surface area contributed by atoms with E-state index in [0.717, 1.165) is 28.4 Å². The van der Waals surface area contributed by atoms with Crippen LogP contribution in [0.1, 0.15) is 24.0 Å². The molecule has 1 aliphatic carbocycles. The summed E-state index contributed by atoms with van der Waals surface area (Å²) in [6.45, 7) is 0.255. The number of carbonyl (C=O) groups excluding carboxylic acids is 1. The van der Waals surface area contributed by atoms with Gasteiger partial charge in [-0.2, -0.15) is 0 Å². The van der Waals surface area contributed by atoms with Crippen LogP contribution in [-0.2, 0) is 16.8 Å². The van der Waals surface area contributed by atoms with E-state index in [1.165, 1.54) is 0 Å². The molecule has 0 saturated heterocycles. The van der Waals surface area contributed by atoms with Crippen LogP contribution in [0.3, 0.4) is 0 Å². The summed E-state index contributed by atoms with van der Waals surface area (Å²) in [5, 5.41) is 2.98. The zero-order chi connectivity index (χ0) is 18.3. The monoisotopic (exact) mass is 413 g/mol. The van der Waals surface area contributed by atoms with Gasteiger partial charge in [0.2, 0.25) is 5.91 Å². The zero-order valence-electron chi connectivity index (χ0n) is 13.8. The molecule has 3 aromatic rings. The first-order valence-electron chi connectivity index (χ1n) is 8.28. The molecule has 1 aromatic heterocycles. The zero-order valence-corrected chi connectivity index (χ0v) is 15.4. The van der Waals surface area contributed by atoms with Crippen molar-refractivity contribution in [2.45, 2.75) is 24.8 Å². The maximum atomic E-state index is 12.8. The van der Waals surface area contributed by atoms with Crippen molar-refractivity contribution in [1.82, 2.24) is 15.3 Å². The maximum Gasteiger partial charge on any atom is 0.314 e. The minimum Gasteiger partial charge on any atom is -0.351 e. The number of amides is 1. The summed E-state index contributed by atoms with van der Waals surface area (Å²) < 4.78 is 0.751. The van der Waals surface area contributed by atoms with E-state index in [2.05, 4.69) is 31.2 Å². The van der Waals surface area contributed by atoms with Crippen molar-refractivity contribution >= 4 is 32.9 Å². The fourth-order valence-electron chi connectivity index (χ4n) is 3.27. The number of H-pyrrole nitrogens is 2. The highest BCUT2D eigenvalue weighted by atomic mass is 79.9. The van der Waals surface area contributed by atoms with Gasteiger partial charge in [0.25, 0.3) is 0 Å². The molecule has 3 N–H and O–H groups in total. The first-order chi connectivity index (χ1) is 12.5. The number of hydrogen-bond acceptors (Lipinski definition) is 3. The summed E-state index contributed by atoms with van der Waals surface area (Å²) in [6.07, 6.45) is 1.65. The molecule has 132 valence electrons. The van der Waals surface area contributed by atoms with Gasteiger partial charge in [0.15, 0.2) is 0 Å². The molecule has 0 atom stereocenters. The van der Waals surface area contributed by atoms with Crippen LogP contribution in [0.5, 0.6) is 0 Å². The Bertz CT molecular complexity index is 1110. The van der Waals surface area contributed by atoms with Gasteiger partial charge in [0.05, 0.1) is 16.4 Å². The van der Waals surface area contributed by atoms with Gasteiger partial charge in [-0.15, -0.1) is 0 Å². The Hall–Kier alpha value is -2.67. The Labute approximate surface area is 156 Å². The summed E-state index contributed by atoms with van der Waals surface area (Å²) in [4.78, 5) is 41.1. The quantitative estimate of drug-likeness (QED) is 0.572. The van der Waals surface area contributed by atoms with E-state index in [9.17, 15) is 14.4 Å². The Balaban J connectivity index is 1.62. The van der Waals surface area contributed by atoms with E-state index >= 15 is 0 Å². The Morgan fingerprint density at radius 1 is 1.08 bits per heavy atom. The largest absolute Gasteiger partial charge is 0.351 e. The van der Waals surface area contributed by atoms with Crippen molar-refractivity contribution in [3.63, 3.8) is 0 Å². The predicted molar refractivity (Wildman–Crippen MR) is 102 cm³/mol. The topological polar surface area (TPSA) is 94.8 Å². The van der Waals surface area contributed by atoms with Gasteiger partial charge >= 0.3 is 11.1 Å². The van der Waals surface area contributed by atoms with Crippen LogP contribution in [0.15, 0.2) is 56.5 Å². The van der Waals surface area contributed by atoms with Crippen molar-refractivity contribution in [3.8, 4) is 0 Å². The molecule has 0 bridgehead atoms. The normalized spacial score (nSPS) is 15.0. The van der Waals surface area contributed by atoms with Crippen LogP contribution in [0.25, 0.3) is 11.0 Å². The van der Waals surface area contributed by atoms with Gasteiger partial charge in [-0.05, 0) is 36.1 Å². The summed E-state index contributed by atoms with van der Waals surface area (Å²) in [6, 6.07) is 13.3. The van der Waals surface area contributed by atoms with Gasteiger partial charge in [-0.1, -0.05) is 46.3 Å². The Morgan fingerprint density at radius 2 is 1.77 bits per heavy atom. The number of carbonyl (C=O) groups is 1. The van der Waals surface area contributed by atoms with E-state index < -0.39 is 16.5 Å². The van der Waals surface area contributed by atoms with Gasteiger partial charge < -0.3 is 15.3 Å². The molecule has 1 amide bonds. The highest BCUT2D eigenvalue weighted by Crippen LogP contribution is 2.48. The fourth-order valence-corrected chi connectivity index (χ4v) is 3.78. The number of nitrogens with one attached hydrogen (secondary N) is 3. The van der Waals surface area contributed by atoms with Gasteiger partial charge in [0, 0.05) is 11.0 Å². The van der Waals surface area contributed by atoms with E-state index in [4.69, 9.17) is 0 Å². The van der Waals surface area contributed by atoms with Gasteiger partial charge in [0.1, 0.15) is 0 Å². The first kappa shape index (κ1) is 16.8. The summed E-state index contributed by atoms with van der Waals surface area (Å²) in [5.41, 5.74) is 0.904. The molecule has 6 nitrogen and oxygen atoms in total. The second-order valence-corrected chi connectivity index (χ2v) is 7.44. The third-order valence-corrected chi connectivity index (χ3v) is 5.29. The van der Waals surface area contributed by atoms with E-state index in [1.807, 2.05) is 36.4 Å². The molecule has 0 spiro atoms. The summed E-state index contributed by atoms with van der Waals surface area (Å²) >= 11 is 3.40. The molecule has 0 unspecified atom stereocenters. The molecule has 1 heterocycles. The average molecular weight is 414 g/mol. The highest BCUT2D eigenvalue weighted by Gasteiger charge is 2.50. The van der Waals surface area contributed by atoms with Crippen LogP contribution >= 0.6 is 15.9 Å². The lowest BCUT2D eigenvalue weighted by Crippen LogP contribution is -2.34. The molecule has 2 aromatic carbocycles. The fraction of sp³-hybridized carbons (Fsp3) is 0.211.